The number of nitrogens with one attached hydrogen (secondary N) is 1. The minimum absolute atomic E-state index is 0.551. The molecular weight excluding hydrogens is 212 g/mol. The summed E-state index contributed by atoms with van der Waals surface area (Å²) >= 11 is 0. The Hall–Kier alpha value is -1.42. The maximum Gasteiger partial charge on any atom is 0.155 e. The van der Waals surface area contributed by atoms with Crippen molar-refractivity contribution in [2.24, 2.45) is 0 Å². The van der Waals surface area contributed by atoms with Gasteiger partial charge in [-0.05, 0) is 20.3 Å². The molecule has 0 saturated carbocycles. The van der Waals surface area contributed by atoms with Crippen molar-refractivity contribution >= 4 is 5.65 Å². The molecule has 0 aromatic carbocycles. The molecule has 0 radical (unpaired) electrons. The lowest BCUT2D eigenvalue weighted by Gasteiger charge is -2.12. The van der Waals surface area contributed by atoms with Crippen LogP contribution in [0.25, 0.3) is 5.65 Å². The lowest BCUT2D eigenvalue weighted by Crippen LogP contribution is -2.25. The van der Waals surface area contributed by atoms with Gasteiger partial charge in [0.2, 0.25) is 0 Å². The average Bonchev–Trinajstić information content (AvgIpc) is 2.66. The van der Waals surface area contributed by atoms with Crippen molar-refractivity contribution in [2.45, 2.75) is 46.2 Å². The van der Waals surface area contributed by atoms with Crippen LogP contribution in [0.4, 0.5) is 0 Å². The maximum atomic E-state index is 4.39. The molecule has 2 aromatic heterocycles. The SMILES string of the molecule is CCCC(C)NCc1cnc2cc(C)nn2c1. The van der Waals surface area contributed by atoms with E-state index in [9.17, 15) is 0 Å². The van der Waals surface area contributed by atoms with Crippen LogP contribution >= 0.6 is 0 Å². The Kier molecular flexibility index (Phi) is 3.74. The highest BCUT2D eigenvalue weighted by atomic mass is 15.2. The monoisotopic (exact) mass is 232 g/mol. The number of aryl methyl sites for hydroxylation is 1. The molecule has 1 atom stereocenters. The van der Waals surface area contributed by atoms with Crippen LogP contribution in [0, 0.1) is 6.92 Å². The van der Waals surface area contributed by atoms with E-state index in [2.05, 4.69) is 29.2 Å². The van der Waals surface area contributed by atoms with Gasteiger partial charge in [-0.15, -0.1) is 0 Å². The van der Waals surface area contributed by atoms with E-state index in [1.165, 1.54) is 18.4 Å². The van der Waals surface area contributed by atoms with Gasteiger partial charge in [0, 0.05) is 36.6 Å². The summed E-state index contributed by atoms with van der Waals surface area (Å²) < 4.78 is 1.84. The Morgan fingerprint density at radius 2 is 2.29 bits per heavy atom. The zero-order chi connectivity index (χ0) is 12.3. The van der Waals surface area contributed by atoms with Gasteiger partial charge >= 0.3 is 0 Å². The number of rotatable bonds is 5. The molecule has 92 valence electrons. The third-order valence-electron chi connectivity index (χ3n) is 2.87. The van der Waals surface area contributed by atoms with Crippen LogP contribution in [-0.2, 0) is 6.54 Å². The van der Waals surface area contributed by atoms with Gasteiger partial charge in [0.05, 0.1) is 5.69 Å². The molecule has 0 aliphatic heterocycles. The van der Waals surface area contributed by atoms with Crippen LogP contribution in [-0.4, -0.2) is 20.6 Å². The average molecular weight is 232 g/mol. The van der Waals surface area contributed by atoms with Crippen molar-refractivity contribution in [3.05, 3.63) is 29.7 Å². The largest absolute Gasteiger partial charge is 0.310 e. The molecule has 1 unspecified atom stereocenters. The number of hydrogen-bond donors (Lipinski definition) is 1. The normalized spacial score (nSPS) is 13.1. The molecule has 0 spiro atoms. The molecule has 0 aliphatic rings. The molecule has 0 fully saturated rings. The fourth-order valence-corrected chi connectivity index (χ4v) is 1.95. The molecule has 4 nitrogen and oxygen atoms in total. The molecule has 4 heteroatoms. The number of hydrogen-bond acceptors (Lipinski definition) is 3. The first-order valence-electron chi connectivity index (χ1n) is 6.23. The molecule has 0 saturated heterocycles. The highest BCUT2D eigenvalue weighted by Crippen LogP contribution is 2.05. The molecule has 2 rings (SSSR count). The standard InChI is InChI=1S/C13H20N4/c1-4-5-10(2)14-7-12-8-15-13-6-11(3)16-17(13)9-12/h6,8-10,14H,4-5,7H2,1-3H3. The predicted molar refractivity (Wildman–Crippen MR) is 68.9 cm³/mol. The third kappa shape index (κ3) is 3.03. The lowest BCUT2D eigenvalue weighted by molar-refractivity contribution is 0.507. The third-order valence-corrected chi connectivity index (χ3v) is 2.87. The Morgan fingerprint density at radius 3 is 3.06 bits per heavy atom. The van der Waals surface area contributed by atoms with E-state index in [0.717, 1.165) is 17.9 Å². The van der Waals surface area contributed by atoms with E-state index in [1.807, 2.05) is 29.9 Å². The number of nitrogens with zero attached hydrogens (tertiary/aromatic N) is 3. The Morgan fingerprint density at radius 1 is 1.47 bits per heavy atom. The fraction of sp³-hybridized carbons (Fsp3) is 0.538. The van der Waals surface area contributed by atoms with Crippen molar-refractivity contribution in [2.75, 3.05) is 0 Å². The molecule has 2 heterocycles. The summed E-state index contributed by atoms with van der Waals surface area (Å²) in [5.74, 6) is 0. The first kappa shape index (κ1) is 12.0. The van der Waals surface area contributed by atoms with Crippen molar-refractivity contribution in [3.63, 3.8) is 0 Å². The zero-order valence-corrected chi connectivity index (χ0v) is 10.8. The molecule has 2 aromatic rings. The first-order valence-corrected chi connectivity index (χ1v) is 6.23. The van der Waals surface area contributed by atoms with Gasteiger partial charge in [-0.2, -0.15) is 5.10 Å². The number of aromatic nitrogens is 3. The zero-order valence-electron chi connectivity index (χ0n) is 10.8. The molecule has 0 amide bonds. The van der Waals surface area contributed by atoms with E-state index in [-0.39, 0.29) is 0 Å². The lowest BCUT2D eigenvalue weighted by atomic mass is 10.2. The van der Waals surface area contributed by atoms with Gasteiger partial charge in [-0.25, -0.2) is 9.50 Å². The molecule has 0 aliphatic carbocycles. The van der Waals surface area contributed by atoms with Crippen molar-refractivity contribution < 1.29 is 0 Å². The van der Waals surface area contributed by atoms with Crippen LogP contribution in [0.2, 0.25) is 0 Å². The molecular formula is C13H20N4. The van der Waals surface area contributed by atoms with Crippen molar-refractivity contribution in [1.82, 2.24) is 19.9 Å². The highest BCUT2D eigenvalue weighted by Gasteiger charge is 2.03. The Balaban J connectivity index is 2.03. The second-order valence-electron chi connectivity index (χ2n) is 4.62. The predicted octanol–water partition coefficient (Wildman–Crippen LogP) is 2.32. The summed E-state index contributed by atoms with van der Waals surface area (Å²) in [6.07, 6.45) is 6.38. The van der Waals surface area contributed by atoms with Gasteiger partial charge in [0.25, 0.3) is 0 Å². The summed E-state index contributed by atoms with van der Waals surface area (Å²) in [6, 6.07) is 2.53. The van der Waals surface area contributed by atoms with Crippen LogP contribution < -0.4 is 5.32 Å². The fourth-order valence-electron chi connectivity index (χ4n) is 1.95. The van der Waals surface area contributed by atoms with Crippen LogP contribution in [0.15, 0.2) is 18.5 Å². The van der Waals surface area contributed by atoms with Gasteiger partial charge in [0.1, 0.15) is 0 Å². The summed E-state index contributed by atoms with van der Waals surface area (Å²) in [5.41, 5.74) is 3.08. The number of fused-ring (bicyclic) bond motifs is 1. The first-order chi connectivity index (χ1) is 8.19. The van der Waals surface area contributed by atoms with E-state index in [4.69, 9.17) is 0 Å². The molecule has 1 N–H and O–H groups in total. The van der Waals surface area contributed by atoms with E-state index < -0.39 is 0 Å². The van der Waals surface area contributed by atoms with Crippen LogP contribution in [0.3, 0.4) is 0 Å². The van der Waals surface area contributed by atoms with E-state index >= 15 is 0 Å². The van der Waals surface area contributed by atoms with E-state index in [0.29, 0.717) is 6.04 Å². The van der Waals surface area contributed by atoms with Crippen LogP contribution in [0.5, 0.6) is 0 Å². The van der Waals surface area contributed by atoms with Crippen LogP contribution in [0.1, 0.15) is 37.9 Å². The molecule has 17 heavy (non-hydrogen) atoms. The van der Waals surface area contributed by atoms with Gasteiger partial charge in [-0.3, -0.25) is 0 Å². The minimum atomic E-state index is 0.551. The summed E-state index contributed by atoms with van der Waals surface area (Å²) in [4.78, 5) is 4.39. The topological polar surface area (TPSA) is 42.2 Å². The summed E-state index contributed by atoms with van der Waals surface area (Å²) in [5, 5.41) is 7.85. The maximum absolute atomic E-state index is 4.39. The second kappa shape index (κ2) is 5.27. The molecule has 0 bridgehead atoms. The smallest absolute Gasteiger partial charge is 0.155 e. The van der Waals surface area contributed by atoms with Gasteiger partial charge in [-0.1, -0.05) is 13.3 Å². The quantitative estimate of drug-likeness (QED) is 0.860. The summed E-state index contributed by atoms with van der Waals surface area (Å²) in [7, 11) is 0. The Labute approximate surface area is 102 Å². The highest BCUT2D eigenvalue weighted by molar-refractivity contribution is 5.38. The van der Waals surface area contributed by atoms with Crippen molar-refractivity contribution in [3.8, 4) is 0 Å². The second-order valence-corrected chi connectivity index (χ2v) is 4.62. The van der Waals surface area contributed by atoms with Gasteiger partial charge in [0.15, 0.2) is 5.65 Å². The van der Waals surface area contributed by atoms with E-state index in [1.54, 1.807) is 0 Å². The Bertz CT molecular complexity index is 489. The summed E-state index contributed by atoms with van der Waals surface area (Å²) in [6.45, 7) is 7.25. The minimum Gasteiger partial charge on any atom is -0.310 e. The van der Waals surface area contributed by atoms with Crippen molar-refractivity contribution in [1.29, 1.82) is 0 Å². The van der Waals surface area contributed by atoms with Gasteiger partial charge < -0.3 is 5.32 Å².